The molecule has 0 spiro atoms. The molecule has 0 unspecified atom stereocenters. The van der Waals surface area contributed by atoms with Crippen LogP contribution in [0.25, 0.3) is 0 Å². The van der Waals surface area contributed by atoms with Crippen LogP contribution in [0.2, 0.25) is 0 Å². The Labute approximate surface area is 93.8 Å². The van der Waals surface area contributed by atoms with E-state index in [4.69, 9.17) is 4.74 Å². The third kappa shape index (κ3) is 7.80. The number of unbranched alkanes of at least 4 members (excludes halogenated alkanes) is 2. The molecule has 0 saturated heterocycles. The van der Waals surface area contributed by atoms with Gasteiger partial charge in [-0.15, -0.1) is 0 Å². The second kappa shape index (κ2) is 9.32. The molecule has 15 heavy (non-hydrogen) atoms. The van der Waals surface area contributed by atoms with Crippen LogP contribution in [-0.4, -0.2) is 6.61 Å². The van der Waals surface area contributed by atoms with Crippen LogP contribution in [-0.2, 0) is 4.74 Å². The van der Waals surface area contributed by atoms with Gasteiger partial charge in [-0.1, -0.05) is 51.2 Å². The third-order valence-corrected chi connectivity index (χ3v) is 1.99. The van der Waals surface area contributed by atoms with Crippen LogP contribution < -0.4 is 0 Å². The molecule has 0 aliphatic rings. The molecule has 0 fully saturated rings. The van der Waals surface area contributed by atoms with Crippen molar-refractivity contribution in [1.29, 1.82) is 0 Å². The zero-order chi connectivity index (χ0) is 11.5. The highest BCUT2D eigenvalue weighted by molar-refractivity contribution is 5.33. The summed E-state index contributed by atoms with van der Waals surface area (Å²) < 4.78 is 5.56. The number of hydrogen-bond donors (Lipinski definition) is 0. The van der Waals surface area contributed by atoms with Gasteiger partial charge in [-0.25, -0.2) is 0 Å². The van der Waals surface area contributed by atoms with Crippen molar-refractivity contribution in [3.05, 3.63) is 48.8 Å². The van der Waals surface area contributed by atoms with Gasteiger partial charge in [-0.2, -0.15) is 0 Å². The summed E-state index contributed by atoms with van der Waals surface area (Å²) in [6, 6.07) is 0. The molecule has 0 heterocycles. The van der Waals surface area contributed by atoms with Crippen LogP contribution in [0.1, 0.15) is 33.1 Å². The molecule has 0 aliphatic carbocycles. The van der Waals surface area contributed by atoms with E-state index < -0.39 is 0 Å². The van der Waals surface area contributed by atoms with Crippen molar-refractivity contribution in [2.45, 2.75) is 33.1 Å². The summed E-state index contributed by atoms with van der Waals surface area (Å²) in [5.41, 5.74) is 1.03. The summed E-state index contributed by atoms with van der Waals surface area (Å²) in [6.45, 7) is 12.3. The third-order valence-electron chi connectivity index (χ3n) is 1.99. The van der Waals surface area contributed by atoms with E-state index >= 15 is 0 Å². The smallest absolute Gasteiger partial charge is 0.0934 e. The maximum atomic E-state index is 5.56. The molecule has 0 saturated carbocycles. The van der Waals surface area contributed by atoms with E-state index in [9.17, 15) is 0 Å². The predicted molar refractivity (Wildman–Crippen MR) is 67.7 cm³/mol. The molecule has 0 radical (unpaired) electrons. The molecule has 0 bridgehead atoms. The minimum absolute atomic E-state index is 0.800. The van der Waals surface area contributed by atoms with Crippen LogP contribution in [0.5, 0.6) is 0 Å². The Hall–Kier alpha value is -1.24. The van der Waals surface area contributed by atoms with Gasteiger partial charge in [-0.3, -0.25) is 0 Å². The molecule has 1 nitrogen and oxygen atoms in total. The monoisotopic (exact) mass is 206 g/mol. The zero-order valence-electron chi connectivity index (χ0n) is 9.96. The first kappa shape index (κ1) is 13.8. The standard InChI is InChI=1S/C14H22O/c1-5-8-9-11-15-13(4)12-14(7-3)10-6-2/h6-7,10,12H,2-3,5,8-9,11H2,1,4H3/b13-12+,14-10-. The lowest BCUT2D eigenvalue weighted by Crippen LogP contribution is -1.92. The maximum Gasteiger partial charge on any atom is 0.0934 e. The lowest BCUT2D eigenvalue weighted by molar-refractivity contribution is 0.207. The first-order chi connectivity index (χ1) is 7.24. The highest BCUT2D eigenvalue weighted by atomic mass is 16.5. The summed E-state index contributed by atoms with van der Waals surface area (Å²) >= 11 is 0. The van der Waals surface area contributed by atoms with Crippen molar-refractivity contribution in [3.63, 3.8) is 0 Å². The number of rotatable bonds is 8. The van der Waals surface area contributed by atoms with Gasteiger partial charge in [0.1, 0.15) is 0 Å². The molecule has 0 rings (SSSR count). The van der Waals surface area contributed by atoms with Gasteiger partial charge in [0.2, 0.25) is 0 Å². The van der Waals surface area contributed by atoms with Crippen molar-refractivity contribution in [1.82, 2.24) is 0 Å². The Balaban J connectivity index is 4.00. The summed E-state index contributed by atoms with van der Waals surface area (Å²) in [7, 11) is 0. The van der Waals surface area contributed by atoms with E-state index in [0.29, 0.717) is 0 Å². The molecule has 0 atom stereocenters. The normalized spacial score (nSPS) is 12.4. The average molecular weight is 206 g/mol. The summed E-state index contributed by atoms with van der Waals surface area (Å²) in [5, 5.41) is 0. The van der Waals surface area contributed by atoms with Gasteiger partial charge in [-0.05, 0) is 25.0 Å². The molecule has 0 N–H and O–H groups in total. The lowest BCUT2D eigenvalue weighted by Gasteiger charge is -2.05. The highest BCUT2D eigenvalue weighted by Gasteiger charge is 1.92. The van der Waals surface area contributed by atoms with Gasteiger partial charge >= 0.3 is 0 Å². The fourth-order valence-corrected chi connectivity index (χ4v) is 1.17. The maximum absolute atomic E-state index is 5.56. The van der Waals surface area contributed by atoms with Gasteiger partial charge in [0.25, 0.3) is 0 Å². The second-order valence-corrected chi connectivity index (χ2v) is 3.42. The van der Waals surface area contributed by atoms with E-state index in [0.717, 1.165) is 24.4 Å². The fraction of sp³-hybridized carbons (Fsp3) is 0.429. The second-order valence-electron chi connectivity index (χ2n) is 3.42. The van der Waals surface area contributed by atoms with Crippen molar-refractivity contribution in [3.8, 4) is 0 Å². The molecule has 0 aliphatic heterocycles. The van der Waals surface area contributed by atoms with Crippen molar-refractivity contribution in [2.24, 2.45) is 0 Å². The Kier molecular flexibility index (Phi) is 8.55. The highest BCUT2D eigenvalue weighted by Crippen LogP contribution is 2.06. The van der Waals surface area contributed by atoms with Crippen LogP contribution in [0.4, 0.5) is 0 Å². The SMILES string of the molecule is C=C/C=C(C=C)\C=C(/C)OCCCCC. The summed E-state index contributed by atoms with van der Waals surface area (Å²) in [6.07, 6.45) is 11.0. The molecular weight excluding hydrogens is 184 g/mol. The van der Waals surface area contributed by atoms with Crippen LogP contribution in [0.3, 0.4) is 0 Å². The number of allylic oxidation sites excluding steroid dienone is 6. The molecular formula is C14H22O. The number of ether oxygens (including phenoxy) is 1. The Morgan fingerprint density at radius 3 is 2.53 bits per heavy atom. The molecule has 0 amide bonds. The van der Waals surface area contributed by atoms with Gasteiger partial charge < -0.3 is 4.74 Å². The van der Waals surface area contributed by atoms with E-state index in [1.807, 2.05) is 19.1 Å². The van der Waals surface area contributed by atoms with Gasteiger partial charge in [0.05, 0.1) is 12.4 Å². The average Bonchev–Trinajstić information content (AvgIpc) is 2.24. The predicted octanol–water partition coefficient (Wildman–Crippen LogP) is 4.40. The van der Waals surface area contributed by atoms with Crippen LogP contribution in [0, 0.1) is 0 Å². The molecule has 1 heteroatoms. The first-order valence-corrected chi connectivity index (χ1v) is 5.50. The van der Waals surface area contributed by atoms with Crippen molar-refractivity contribution >= 4 is 0 Å². The minimum atomic E-state index is 0.800. The Bertz CT molecular complexity index is 246. The van der Waals surface area contributed by atoms with E-state index in [1.54, 1.807) is 12.2 Å². The van der Waals surface area contributed by atoms with Crippen LogP contribution in [0.15, 0.2) is 48.8 Å². The van der Waals surface area contributed by atoms with Crippen molar-refractivity contribution in [2.75, 3.05) is 6.61 Å². The molecule has 0 aromatic heterocycles. The van der Waals surface area contributed by atoms with Crippen LogP contribution >= 0.6 is 0 Å². The summed E-state index contributed by atoms with van der Waals surface area (Å²) in [5.74, 6) is 0.930. The largest absolute Gasteiger partial charge is 0.498 e. The van der Waals surface area contributed by atoms with Gasteiger partial charge in [0, 0.05) is 0 Å². The molecule has 0 aromatic rings. The van der Waals surface area contributed by atoms with E-state index in [-0.39, 0.29) is 0 Å². The lowest BCUT2D eigenvalue weighted by atomic mass is 10.2. The van der Waals surface area contributed by atoms with Crippen molar-refractivity contribution < 1.29 is 4.74 Å². The minimum Gasteiger partial charge on any atom is -0.498 e. The first-order valence-electron chi connectivity index (χ1n) is 5.50. The zero-order valence-corrected chi connectivity index (χ0v) is 9.96. The van der Waals surface area contributed by atoms with E-state index in [2.05, 4.69) is 20.1 Å². The quantitative estimate of drug-likeness (QED) is 0.325. The number of hydrogen-bond acceptors (Lipinski definition) is 1. The Morgan fingerprint density at radius 2 is 2.00 bits per heavy atom. The fourth-order valence-electron chi connectivity index (χ4n) is 1.17. The summed E-state index contributed by atoms with van der Waals surface area (Å²) in [4.78, 5) is 0. The van der Waals surface area contributed by atoms with E-state index in [1.165, 1.54) is 12.8 Å². The molecule has 84 valence electrons. The molecule has 0 aromatic carbocycles. The van der Waals surface area contributed by atoms with Gasteiger partial charge in [0.15, 0.2) is 0 Å². The topological polar surface area (TPSA) is 9.23 Å². The Morgan fingerprint density at radius 1 is 1.27 bits per heavy atom.